The normalized spacial score (nSPS) is 15.0. The van der Waals surface area contributed by atoms with Crippen LogP contribution in [0.15, 0.2) is 58.1 Å². The summed E-state index contributed by atoms with van der Waals surface area (Å²) in [5.41, 5.74) is 1.83. The number of hydrogen-bond acceptors (Lipinski definition) is 8. The molecule has 1 aliphatic heterocycles. The van der Waals surface area contributed by atoms with Crippen LogP contribution in [0.1, 0.15) is 41.3 Å². The maximum Gasteiger partial charge on any atom is 0.337 e. The van der Waals surface area contributed by atoms with Crippen LogP contribution in [0.5, 0.6) is 0 Å². The van der Waals surface area contributed by atoms with Gasteiger partial charge in [0.1, 0.15) is 5.82 Å². The van der Waals surface area contributed by atoms with Gasteiger partial charge >= 0.3 is 11.9 Å². The van der Waals surface area contributed by atoms with Crippen molar-refractivity contribution in [2.75, 3.05) is 24.8 Å². The monoisotopic (exact) mass is 441 g/mol. The van der Waals surface area contributed by atoms with Crippen LogP contribution in [-0.2, 0) is 14.3 Å². The summed E-state index contributed by atoms with van der Waals surface area (Å²) in [6, 6.07) is 6.57. The third kappa shape index (κ3) is 4.56. The third-order valence-corrected chi connectivity index (χ3v) is 5.59. The molecule has 0 saturated heterocycles. The summed E-state index contributed by atoms with van der Waals surface area (Å²) in [7, 11) is 1.30. The summed E-state index contributed by atoms with van der Waals surface area (Å²) in [6.45, 7) is 7.33. The number of aromatic nitrogens is 2. The molecule has 0 amide bonds. The SMILES string of the molecule is C=CCSc1nc2c(c(=O)[nH]1)[C@H](c1ccc(C(=O)OC)cc1)C(C(=O)OCC)=C(C)N2. The average Bonchev–Trinajstić information content (AvgIpc) is 2.76. The molecule has 1 aromatic heterocycles. The van der Waals surface area contributed by atoms with Crippen molar-refractivity contribution in [3.63, 3.8) is 0 Å². The molecule has 8 nitrogen and oxygen atoms in total. The molecule has 0 saturated carbocycles. The van der Waals surface area contributed by atoms with Crippen molar-refractivity contribution in [1.29, 1.82) is 0 Å². The van der Waals surface area contributed by atoms with E-state index in [1.54, 1.807) is 44.2 Å². The molecule has 162 valence electrons. The molecule has 3 rings (SSSR count). The first kappa shape index (κ1) is 22.4. The smallest absolute Gasteiger partial charge is 0.337 e. The van der Waals surface area contributed by atoms with Crippen LogP contribution in [0, 0.1) is 0 Å². The van der Waals surface area contributed by atoms with E-state index in [0.717, 1.165) is 0 Å². The van der Waals surface area contributed by atoms with E-state index in [1.165, 1.54) is 18.9 Å². The van der Waals surface area contributed by atoms with Crippen molar-refractivity contribution >= 4 is 29.5 Å². The van der Waals surface area contributed by atoms with E-state index in [1.807, 2.05) is 0 Å². The minimum atomic E-state index is -0.711. The number of methoxy groups -OCH3 is 1. The number of esters is 2. The van der Waals surface area contributed by atoms with Crippen LogP contribution in [-0.4, -0.2) is 41.4 Å². The Morgan fingerprint density at radius 2 is 1.97 bits per heavy atom. The zero-order valence-corrected chi connectivity index (χ0v) is 18.3. The molecule has 9 heteroatoms. The molecule has 1 aromatic carbocycles. The number of carbonyl (C=O) groups is 2. The summed E-state index contributed by atoms with van der Waals surface area (Å²) in [4.78, 5) is 45.0. The highest BCUT2D eigenvalue weighted by atomic mass is 32.2. The topological polar surface area (TPSA) is 110 Å². The number of hydrogen-bond donors (Lipinski definition) is 2. The second-order valence-electron chi connectivity index (χ2n) is 6.66. The van der Waals surface area contributed by atoms with E-state index in [9.17, 15) is 14.4 Å². The van der Waals surface area contributed by atoms with E-state index >= 15 is 0 Å². The second-order valence-corrected chi connectivity index (χ2v) is 7.67. The van der Waals surface area contributed by atoms with Gasteiger partial charge in [0.25, 0.3) is 5.56 Å². The minimum absolute atomic E-state index is 0.197. The molecule has 2 N–H and O–H groups in total. The van der Waals surface area contributed by atoms with Crippen molar-refractivity contribution in [1.82, 2.24) is 9.97 Å². The van der Waals surface area contributed by atoms with Crippen molar-refractivity contribution in [2.24, 2.45) is 0 Å². The number of anilines is 1. The Morgan fingerprint density at radius 1 is 1.26 bits per heavy atom. The molecule has 0 fully saturated rings. The molecular formula is C22H23N3O5S. The fraction of sp³-hybridized carbons (Fsp3) is 0.273. The summed E-state index contributed by atoms with van der Waals surface area (Å²) in [5, 5.41) is 3.53. The number of fused-ring (bicyclic) bond motifs is 1. The van der Waals surface area contributed by atoms with E-state index < -0.39 is 17.9 Å². The molecule has 1 atom stereocenters. The number of rotatable bonds is 7. The Labute approximate surface area is 183 Å². The van der Waals surface area contributed by atoms with Crippen LogP contribution >= 0.6 is 11.8 Å². The van der Waals surface area contributed by atoms with Crippen molar-refractivity contribution in [3.8, 4) is 0 Å². The molecule has 0 radical (unpaired) electrons. The fourth-order valence-corrected chi connectivity index (χ4v) is 3.98. The van der Waals surface area contributed by atoms with Gasteiger partial charge in [-0.3, -0.25) is 4.79 Å². The highest BCUT2D eigenvalue weighted by molar-refractivity contribution is 7.99. The van der Waals surface area contributed by atoms with Gasteiger partial charge in [0.05, 0.1) is 36.3 Å². The van der Waals surface area contributed by atoms with E-state index in [-0.39, 0.29) is 12.2 Å². The van der Waals surface area contributed by atoms with Gasteiger partial charge in [0, 0.05) is 11.4 Å². The predicted octanol–water partition coefficient (Wildman–Crippen LogP) is 3.23. The maximum atomic E-state index is 13.1. The van der Waals surface area contributed by atoms with Crippen LogP contribution in [0.4, 0.5) is 5.82 Å². The molecule has 0 bridgehead atoms. The largest absolute Gasteiger partial charge is 0.465 e. The standard InChI is InChI=1S/C22H23N3O5S/c1-5-11-31-22-24-18-17(19(26)25-22)16(15(12(3)23-18)21(28)30-6-2)13-7-9-14(10-8-13)20(27)29-4/h5,7-10,16H,1,6,11H2,2-4H3,(H2,23,24,25,26)/t16-/m1/s1. The molecular weight excluding hydrogens is 418 g/mol. The quantitative estimate of drug-likeness (QED) is 0.292. The minimum Gasteiger partial charge on any atom is -0.465 e. The number of carbonyl (C=O) groups excluding carboxylic acids is 2. The number of nitrogens with one attached hydrogen (secondary N) is 2. The number of nitrogens with zero attached hydrogens (tertiary/aromatic N) is 1. The van der Waals surface area contributed by atoms with E-state index in [2.05, 4.69) is 21.9 Å². The molecule has 1 aliphatic rings. The zero-order chi connectivity index (χ0) is 22.5. The average molecular weight is 442 g/mol. The summed E-state index contributed by atoms with van der Waals surface area (Å²) < 4.78 is 10.00. The Bertz CT molecular complexity index is 1110. The first-order valence-electron chi connectivity index (χ1n) is 9.62. The van der Waals surface area contributed by atoms with E-state index in [0.29, 0.717) is 44.7 Å². The number of H-pyrrole nitrogens is 1. The lowest BCUT2D eigenvalue weighted by atomic mass is 9.82. The van der Waals surface area contributed by atoms with Gasteiger partial charge in [-0.2, -0.15) is 0 Å². The van der Waals surface area contributed by atoms with Gasteiger partial charge in [0.15, 0.2) is 5.16 Å². The van der Waals surface area contributed by atoms with E-state index in [4.69, 9.17) is 9.47 Å². The van der Waals surface area contributed by atoms with Crippen LogP contribution in [0.3, 0.4) is 0 Å². The Kier molecular flexibility index (Phi) is 6.96. The lowest BCUT2D eigenvalue weighted by Crippen LogP contribution is -2.31. The first-order valence-corrected chi connectivity index (χ1v) is 10.6. The lowest BCUT2D eigenvalue weighted by molar-refractivity contribution is -0.138. The van der Waals surface area contributed by atoms with Crippen molar-refractivity contribution in [2.45, 2.75) is 24.9 Å². The number of allylic oxidation sites excluding steroid dienone is 1. The highest BCUT2D eigenvalue weighted by Gasteiger charge is 2.36. The van der Waals surface area contributed by atoms with Crippen LogP contribution in [0.25, 0.3) is 0 Å². The summed E-state index contributed by atoms with van der Waals surface area (Å²) in [5.74, 6) is -0.745. The van der Waals surface area contributed by atoms with Gasteiger partial charge in [-0.05, 0) is 31.5 Å². The highest BCUT2D eigenvalue weighted by Crippen LogP contribution is 2.40. The Morgan fingerprint density at radius 3 is 2.58 bits per heavy atom. The van der Waals surface area contributed by atoms with Gasteiger partial charge in [-0.25, -0.2) is 14.6 Å². The number of benzene rings is 1. The molecule has 2 aromatic rings. The van der Waals surface area contributed by atoms with Gasteiger partial charge in [0.2, 0.25) is 0 Å². The second kappa shape index (κ2) is 9.65. The molecule has 2 heterocycles. The Hall–Kier alpha value is -3.33. The van der Waals surface area contributed by atoms with Gasteiger partial charge < -0.3 is 19.8 Å². The van der Waals surface area contributed by atoms with Gasteiger partial charge in [-0.15, -0.1) is 6.58 Å². The first-order chi connectivity index (χ1) is 14.9. The Balaban J connectivity index is 2.17. The van der Waals surface area contributed by atoms with Crippen LogP contribution in [0.2, 0.25) is 0 Å². The lowest BCUT2D eigenvalue weighted by Gasteiger charge is -2.28. The van der Waals surface area contributed by atoms with Crippen molar-refractivity contribution < 1.29 is 19.1 Å². The number of thioether (sulfide) groups is 1. The zero-order valence-electron chi connectivity index (χ0n) is 17.5. The van der Waals surface area contributed by atoms with Gasteiger partial charge in [-0.1, -0.05) is 30.0 Å². The summed E-state index contributed by atoms with van der Waals surface area (Å²) in [6.07, 6.45) is 1.72. The van der Waals surface area contributed by atoms with Crippen molar-refractivity contribution in [3.05, 3.63) is 75.2 Å². The van der Waals surface area contributed by atoms with Crippen LogP contribution < -0.4 is 10.9 Å². The molecule has 0 aliphatic carbocycles. The third-order valence-electron chi connectivity index (χ3n) is 4.72. The number of ether oxygens (including phenoxy) is 2. The molecule has 31 heavy (non-hydrogen) atoms. The maximum absolute atomic E-state index is 13.1. The fourth-order valence-electron chi connectivity index (χ4n) is 3.38. The predicted molar refractivity (Wildman–Crippen MR) is 118 cm³/mol. The molecule has 0 unspecified atom stereocenters. The molecule has 0 spiro atoms. The number of aromatic amines is 1. The summed E-state index contributed by atoms with van der Waals surface area (Å²) >= 11 is 1.34.